The van der Waals surface area contributed by atoms with Gasteiger partial charge in [0.25, 0.3) is 0 Å². The molecule has 0 aliphatic heterocycles. The largest absolute Gasteiger partial charge is 0.356 e. The normalized spacial score (nSPS) is 24.2. The summed E-state index contributed by atoms with van der Waals surface area (Å²) in [6.45, 7) is 0. The summed E-state index contributed by atoms with van der Waals surface area (Å²) in [5, 5.41) is 5.00. The Labute approximate surface area is 92.8 Å². The van der Waals surface area contributed by atoms with Crippen LogP contribution in [-0.2, 0) is 0 Å². The molecule has 16 heavy (non-hydrogen) atoms. The number of benzene rings is 1. The minimum Gasteiger partial charge on any atom is -0.356 e. The van der Waals surface area contributed by atoms with Gasteiger partial charge in [-0.1, -0.05) is 5.16 Å². The van der Waals surface area contributed by atoms with Crippen molar-refractivity contribution in [2.75, 3.05) is 14.1 Å². The highest BCUT2D eigenvalue weighted by molar-refractivity contribution is 5.80. The van der Waals surface area contributed by atoms with Crippen LogP contribution in [0.4, 0.5) is 4.39 Å². The summed E-state index contributed by atoms with van der Waals surface area (Å²) < 4.78 is 18.1. The third-order valence-electron chi connectivity index (χ3n) is 3.23. The molecule has 2 aromatic rings. The summed E-state index contributed by atoms with van der Waals surface area (Å²) in [7, 11) is 4.12. The second-order valence-corrected chi connectivity index (χ2v) is 4.58. The van der Waals surface area contributed by atoms with Crippen LogP contribution in [0.5, 0.6) is 0 Å². The molecule has 84 valence electrons. The molecule has 0 saturated heterocycles. The van der Waals surface area contributed by atoms with Crippen molar-refractivity contribution >= 4 is 11.0 Å². The van der Waals surface area contributed by atoms with Crippen molar-refractivity contribution in [2.24, 2.45) is 0 Å². The molecule has 1 aromatic carbocycles. The monoisotopic (exact) mass is 220 g/mol. The molecule has 0 N–H and O–H groups in total. The van der Waals surface area contributed by atoms with E-state index in [2.05, 4.69) is 24.2 Å². The fraction of sp³-hybridized carbons (Fsp3) is 0.417. The molecule has 1 fully saturated rings. The van der Waals surface area contributed by atoms with Crippen LogP contribution in [0.15, 0.2) is 22.7 Å². The molecule has 0 bridgehead atoms. The van der Waals surface area contributed by atoms with Gasteiger partial charge in [0.2, 0.25) is 0 Å². The van der Waals surface area contributed by atoms with Gasteiger partial charge in [-0.3, -0.25) is 0 Å². The first-order valence-corrected chi connectivity index (χ1v) is 5.38. The van der Waals surface area contributed by atoms with E-state index in [1.54, 1.807) is 6.07 Å². The third kappa shape index (κ3) is 1.41. The second kappa shape index (κ2) is 3.28. The van der Waals surface area contributed by atoms with Crippen LogP contribution in [-0.4, -0.2) is 30.2 Å². The summed E-state index contributed by atoms with van der Waals surface area (Å²) in [6.07, 6.45) is 1.10. The lowest BCUT2D eigenvalue weighted by Gasteiger charge is -2.06. The van der Waals surface area contributed by atoms with E-state index in [1.807, 2.05) is 0 Å². The van der Waals surface area contributed by atoms with E-state index in [1.165, 1.54) is 12.1 Å². The van der Waals surface area contributed by atoms with E-state index < -0.39 is 0 Å². The summed E-state index contributed by atoms with van der Waals surface area (Å²) >= 11 is 0. The Bertz CT molecular complexity index is 535. The van der Waals surface area contributed by atoms with Crippen LogP contribution in [0.1, 0.15) is 18.0 Å². The highest BCUT2D eigenvalue weighted by Gasteiger charge is 2.43. The van der Waals surface area contributed by atoms with Crippen molar-refractivity contribution in [3.63, 3.8) is 0 Å². The first-order valence-electron chi connectivity index (χ1n) is 5.38. The van der Waals surface area contributed by atoms with E-state index in [9.17, 15) is 4.39 Å². The van der Waals surface area contributed by atoms with Gasteiger partial charge in [-0.15, -0.1) is 0 Å². The quantitative estimate of drug-likeness (QED) is 0.778. The lowest BCUT2D eigenvalue weighted by atomic mass is 10.1. The van der Waals surface area contributed by atoms with Crippen molar-refractivity contribution < 1.29 is 8.91 Å². The Morgan fingerprint density at radius 1 is 1.44 bits per heavy atom. The second-order valence-electron chi connectivity index (χ2n) is 4.58. The molecular formula is C12H13FN2O. The molecule has 1 aliphatic rings. The number of aromatic nitrogens is 1. The zero-order valence-corrected chi connectivity index (χ0v) is 9.27. The van der Waals surface area contributed by atoms with Gasteiger partial charge in [0.1, 0.15) is 5.82 Å². The maximum Gasteiger partial charge on any atom is 0.170 e. The summed E-state index contributed by atoms with van der Waals surface area (Å²) in [5.74, 6) is 0.150. The van der Waals surface area contributed by atoms with Crippen LogP contribution >= 0.6 is 0 Å². The highest BCUT2D eigenvalue weighted by atomic mass is 19.1. The van der Waals surface area contributed by atoms with E-state index in [4.69, 9.17) is 4.52 Å². The number of halogens is 1. The SMILES string of the molecule is CN(C)C1CC1c1noc2cc(F)ccc12. The molecule has 2 unspecified atom stereocenters. The Morgan fingerprint density at radius 3 is 2.94 bits per heavy atom. The first-order chi connectivity index (χ1) is 7.66. The minimum atomic E-state index is -0.282. The van der Waals surface area contributed by atoms with Crippen LogP contribution < -0.4 is 0 Å². The lowest BCUT2D eigenvalue weighted by molar-refractivity contribution is 0.385. The van der Waals surface area contributed by atoms with E-state index >= 15 is 0 Å². The van der Waals surface area contributed by atoms with E-state index in [0.29, 0.717) is 17.5 Å². The smallest absolute Gasteiger partial charge is 0.170 e. The van der Waals surface area contributed by atoms with Crippen molar-refractivity contribution in [3.05, 3.63) is 29.7 Å². The summed E-state index contributed by atoms with van der Waals surface area (Å²) in [4.78, 5) is 2.19. The molecular weight excluding hydrogens is 207 g/mol. The average molecular weight is 220 g/mol. The van der Waals surface area contributed by atoms with Crippen molar-refractivity contribution in [3.8, 4) is 0 Å². The standard InChI is InChI=1S/C12H13FN2O/c1-15(2)10-6-9(10)12-8-4-3-7(13)5-11(8)16-14-12/h3-5,9-10H,6H2,1-2H3. The van der Waals surface area contributed by atoms with Crippen molar-refractivity contribution in [1.82, 2.24) is 10.1 Å². The van der Waals surface area contributed by atoms with Gasteiger partial charge in [-0.2, -0.15) is 0 Å². The molecule has 0 spiro atoms. The third-order valence-corrected chi connectivity index (χ3v) is 3.23. The van der Waals surface area contributed by atoms with Crippen LogP contribution in [0.25, 0.3) is 11.0 Å². The molecule has 1 saturated carbocycles. The number of hydrogen-bond acceptors (Lipinski definition) is 3. The van der Waals surface area contributed by atoms with Crippen LogP contribution in [0.2, 0.25) is 0 Å². The van der Waals surface area contributed by atoms with Gasteiger partial charge in [0.15, 0.2) is 5.58 Å². The Kier molecular flexibility index (Phi) is 2.01. The van der Waals surface area contributed by atoms with E-state index in [0.717, 1.165) is 17.5 Å². The van der Waals surface area contributed by atoms with Gasteiger partial charge in [0.05, 0.1) is 5.69 Å². The molecule has 4 heteroatoms. The molecule has 3 nitrogen and oxygen atoms in total. The zero-order chi connectivity index (χ0) is 11.3. The zero-order valence-electron chi connectivity index (χ0n) is 9.27. The molecule has 0 radical (unpaired) electrons. The van der Waals surface area contributed by atoms with E-state index in [-0.39, 0.29) is 5.82 Å². The van der Waals surface area contributed by atoms with Gasteiger partial charge in [-0.05, 0) is 32.6 Å². The Hall–Kier alpha value is -1.42. The topological polar surface area (TPSA) is 29.3 Å². The van der Waals surface area contributed by atoms with Crippen molar-refractivity contribution in [1.29, 1.82) is 0 Å². The van der Waals surface area contributed by atoms with Gasteiger partial charge >= 0.3 is 0 Å². The fourth-order valence-electron chi connectivity index (χ4n) is 2.24. The molecule has 2 atom stereocenters. The molecule has 1 heterocycles. The molecule has 3 rings (SSSR count). The maximum absolute atomic E-state index is 13.0. The molecule has 1 aliphatic carbocycles. The molecule has 0 amide bonds. The van der Waals surface area contributed by atoms with Gasteiger partial charge in [-0.25, -0.2) is 4.39 Å². The molecule has 1 aromatic heterocycles. The maximum atomic E-state index is 13.0. The van der Waals surface area contributed by atoms with Crippen LogP contribution in [0.3, 0.4) is 0 Å². The number of hydrogen-bond donors (Lipinski definition) is 0. The number of rotatable bonds is 2. The van der Waals surface area contributed by atoms with Gasteiger partial charge in [0, 0.05) is 23.4 Å². The summed E-state index contributed by atoms with van der Waals surface area (Å²) in [5.41, 5.74) is 1.51. The lowest BCUT2D eigenvalue weighted by Crippen LogP contribution is -2.15. The van der Waals surface area contributed by atoms with Crippen LogP contribution in [0, 0.1) is 5.82 Å². The first kappa shape index (κ1) is 9.78. The van der Waals surface area contributed by atoms with Gasteiger partial charge < -0.3 is 9.42 Å². The highest BCUT2D eigenvalue weighted by Crippen LogP contribution is 2.45. The average Bonchev–Trinajstić information content (AvgIpc) is 2.93. The fourth-order valence-corrected chi connectivity index (χ4v) is 2.24. The minimum absolute atomic E-state index is 0.282. The number of nitrogens with zero attached hydrogens (tertiary/aromatic N) is 2. The number of fused-ring (bicyclic) bond motifs is 1. The summed E-state index contributed by atoms with van der Waals surface area (Å²) in [6, 6.07) is 5.13. The Balaban J connectivity index is 2.00. The predicted molar refractivity (Wildman–Crippen MR) is 58.8 cm³/mol. The van der Waals surface area contributed by atoms with Crippen molar-refractivity contribution in [2.45, 2.75) is 18.4 Å². The number of likely N-dealkylation sites (N-methyl/N-ethyl adjacent to an activating group) is 1. The predicted octanol–water partition coefficient (Wildman–Crippen LogP) is 2.38. The Morgan fingerprint density at radius 2 is 2.25 bits per heavy atom.